The van der Waals surface area contributed by atoms with Crippen LogP contribution in [0, 0.1) is 0 Å². The van der Waals surface area contributed by atoms with Gasteiger partial charge in [-0.25, -0.2) is 13.1 Å². The average molecular weight is 258 g/mol. The van der Waals surface area contributed by atoms with Gasteiger partial charge in [0.05, 0.1) is 12.9 Å². The van der Waals surface area contributed by atoms with Crippen LogP contribution in [0.1, 0.15) is 5.56 Å². The van der Waals surface area contributed by atoms with Crippen molar-refractivity contribution in [3.63, 3.8) is 0 Å². The summed E-state index contributed by atoms with van der Waals surface area (Å²) in [4.78, 5) is 0. The molecule has 1 aromatic carbocycles. The van der Waals surface area contributed by atoms with Gasteiger partial charge in [-0.15, -0.1) is 0 Å². The molecule has 0 atom stereocenters. The van der Waals surface area contributed by atoms with Gasteiger partial charge in [-0.05, 0) is 13.1 Å². The number of ether oxygens (including phenoxy) is 1. The van der Waals surface area contributed by atoms with Gasteiger partial charge in [-0.1, -0.05) is 18.2 Å². The summed E-state index contributed by atoms with van der Waals surface area (Å²) < 4.78 is 29.8. The van der Waals surface area contributed by atoms with E-state index in [1.807, 2.05) is 24.3 Å². The van der Waals surface area contributed by atoms with E-state index in [1.165, 1.54) is 7.05 Å². The topological polar surface area (TPSA) is 67.4 Å². The van der Waals surface area contributed by atoms with E-state index in [4.69, 9.17) is 4.74 Å². The fraction of sp³-hybridized carbons (Fsp3) is 0.455. The van der Waals surface area contributed by atoms with Crippen LogP contribution in [0.4, 0.5) is 0 Å². The van der Waals surface area contributed by atoms with E-state index in [9.17, 15) is 8.42 Å². The predicted molar refractivity (Wildman–Crippen MR) is 67.5 cm³/mol. The summed E-state index contributed by atoms with van der Waals surface area (Å²) in [5.41, 5.74) is 1.01. The Balaban J connectivity index is 2.41. The third kappa shape index (κ3) is 4.72. The molecule has 1 rings (SSSR count). The van der Waals surface area contributed by atoms with Crippen molar-refractivity contribution >= 4 is 10.0 Å². The number of methoxy groups -OCH3 is 1. The van der Waals surface area contributed by atoms with Gasteiger partial charge in [0.2, 0.25) is 10.0 Å². The van der Waals surface area contributed by atoms with Crippen LogP contribution in [0.15, 0.2) is 24.3 Å². The molecular formula is C11H18N2O3S. The van der Waals surface area contributed by atoms with Crippen LogP contribution < -0.4 is 14.8 Å². The lowest BCUT2D eigenvalue weighted by atomic mass is 10.2. The Morgan fingerprint density at radius 1 is 1.29 bits per heavy atom. The molecule has 0 heterocycles. The van der Waals surface area contributed by atoms with Crippen molar-refractivity contribution in [2.24, 2.45) is 0 Å². The molecule has 0 amide bonds. The minimum Gasteiger partial charge on any atom is -0.496 e. The Morgan fingerprint density at radius 3 is 2.65 bits per heavy atom. The Labute approximate surface area is 102 Å². The summed E-state index contributed by atoms with van der Waals surface area (Å²) in [5.74, 6) is 0.870. The van der Waals surface area contributed by atoms with Crippen LogP contribution >= 0.6 is 0 Å². The fourth-order valence-electron chi connectivity index (χ4n) is 1.38. The van der Waals surface area contributed by atoms with Crippen molar-refractivity contribution in [2.75, 3.05) is 26.5 Å². The van der Waals surface area contributed by atoms with Gasteiger partial charge in [0.1, 0.15) is 5.75 Å². The predicted octanol–water partition coefficient (Wildman–Crippen LogP) is 0.334. The van der Waals surface area contributed by atoms with Gasteiger partial charge >= 0.3 is 0 Å². The van der Waals surface area contributed by atoms with Crippen molar-refractivity contribution in [3.8, 4) is 5.75 Å². The Hall–Kier alpha value is -1.11. The van der Waals surface area contributed by atoms with E-state index in [0.717, 1.165) is 11.3 Å². The van der Waals surface area contributed by atoms with Crippen molar-refractivity contribution in [2.45, 2.75) is 6.54 Å². The van der Waals surface area contributed by atoms with Crippen molar-refractivity contribution in [1.29, 1.82) is 0 Å². The molecule has 0 fully saturated rings. The van der Waals surface area contributed by atoms with Gasteiger partial charge in [-0.3, -0.25) is 0 Å². The van der Waals surface area contributed by atoms with E-state index in [-0.39, 0.29) is 5.75 Å². The van der Waals surface area contributed by atoms with Crippen LogP contribution in [0.25, 0.3) is 0 Å². The first-order valence-electron chi connectivity index (χ1n) is 5.33. The molecule has 0 spiro atoms. The highest BCUT2D eigenvalue weighted by molar-refractivity contribution is 7.89. The number of para-hydroxylation sites is 1. The van der Waals surface area contributed by atoms with Gasteiger partial charge in [0.15, 0.2) is 0 Å². The highest BCUT2D eigenvalue weighted by atomic mass is 32.2. The third-order valence-corrected chi connectivity index (χ3v) is 3.73. The number of sulfonamides is 1. The Bertz CT molecular complexity index is 446. The molecule has 0 bridgehead atoms. The second kappa shape index (κ2) is 6.58. The fourth-order valence-corrected chi connectivity index (χ4v) is 2.00. The van der Waals surface area contributed by atoms with Crippen LogP contribution in [-0.2, 0) is 16.6 Å². The zero-order chi connectivity index (χ0) is 12.7. The molecule has 0 unspecified atom stereocenters. The Kier molecular flexibility index (Phi) is 5.40. The second-order valence-electron chi connectivity index (χ2n) is 3.51. The van der Waals surface area contributed by atoms with Crippen LogP contribution in [0.2, 0.25) is 0 Å². The zero-order valence-electron chi connectivity index (χ0n) is 10.1. The lowest BCUT2D eigenvalue weighted by Crippen LogP contribution is -2.29. The first-order chi connectivity index (χ1) is 8.09. The van der Waals surface area contributed by atoms with E-state index in [1.54, 1.807) is 7.11 Å². The van der Waals surface area contributed by atoms with Gasteiger partial charge in [0, 0.05) is 18.7 Å². The summed E-state index contributed by atoms with van der Waals surface area (Å²) in [7, 11) is -0.106. The number of hydrogen-bond donors (Lipinski definition) is 2. The largest absolute Gasteiger partial charge is 0.496 e. The molecule has 17 heavy (non-hydrogen) atoms. The molecule has 0 saturated carbocycles. The van der Waals surface area contributed by atoms with Crippen molar-refractivity contribution in [1.82, 2.24) is 10.0 Å². The lowest BCUT2D eigenvalue weighted by molar-refractivity contribution is 0.408. The van der Waals surface area contributed by atoms with E-state index >= 15 is 0 Å². The summed E-state index contributed by atoms with van der Waals surface area (Å²) in [6, 6.07) is 7.64. The highest BCUT2D eigenvalue weighted by Gasteiger charge is 2.06. The minimum absolute atomic E-state index is 0.0681. The molecule has 0 radical (unpaired) electrons. The molecule has 0 aliphatic carbocycles. The first kappa shape index (κ1) is 14.0. The maximum absolute atomic E-state index is 11.2. The lowest BCUT2D eigenvalue weighted by Gasteiger charge is -2.09. The molecule has 2 N–H and O–H groups in total. The molecule has 6 heteroatoms. The minimum atomic E-state index is -3.13. The molecule has 0 saturated heterocycles. The van der Waals surface area contributed by atoms with Gasteiger partial charge < -0.3 is 10.1 Å². The van der Waals surface area contributed by atoms with Crippen molar-refractivity contribution < 1.29 is 13.2 Å². The molecule has 5 nitrogen and oxygen atoms in total. The van der Waals surface area contributed by atoms with E-state index in [0.29, 0.717) is 13.1 Å². The maximum Gasteiger partial charge on any atom is 0.212 e. The molecule has 1 aromatic rings. The summed E-state index contributed by atoms with van der Waals surface area (Å²) in [5, 5.41) is 3.07. The number of benzene rings is 1. The number of rotatable bonds is 7. The maximum atomic E-state index is 11.2. The number of hydrogen-bond acceptors (Lipinski definition) is 4. The van der Waals surface area contributed by atoms with Crippen LogP contribution in [-0.4, -0.2) is 34.9 Å². The number of nitrogens with one attached hydrogen (secondary N) is 2. The smallest absolute Gasteiger partial charge is 0.212 e. The van der Waals surface area contributed by atoms with Crippen LogP contribution in [0.3, 0.4) is 0 Å². The van der Waals surface area contributed by atoms with Gasteiger partial charge in [0.25, 0.3) is 0 Å². The zero-order valence-corrected chi connectivity index (χ0v) is 10.9. The third-order valence-electron chi connectivity index (χ3n) is 2.37. The quantitative estimate of drug-likeness (QED) is 0.692. The molecular weight excluding hydrogens is 240 g/mol. The van der Waals surface area contributed by atoms with Gasteiger partial charge in [-0.2, -0.15) is 0 Å². The standard InChI is InChI=1S/C11H18N2O3S/c1-12-17(14,15)8-7-13-9-10-5-3-4-6-11(10)16-2/h3-6,12-13H,7-9H2,1-2H3. The SMILES string of the molecule is CNS(=O)(=O)CCNCc1ccccc1OC. The second-order valence-corrected chi connectivity index (χ2v) is 5.56. The normalized spacial score (nSPS) is 11.4. The van der Waals surface area contributed by atoms with Crippen LogP contribution in [0.5, 0.6) is 5.75 Å². The first-order valence-corrected chi connectivity index (χ1v) is 6.98. The Morgan fingerprint density at radius 2 is 2.00 bits per heavy atom. The average Bonchev–Trinajstić information content (AvgIpc) is 2.35. The molecule has 0 aliphatic heterocycles. The van der Waals surface area contributed by atoms with E-state index in [2.05, 4.69) is 10.0 Å². The molecule has 0 aromatic heterocycles. The summed E-state index contributed by atoms with van der Waals surface area (Å²) in [6.45, 7) is 0.991. The monoisotopic (exact) mass is 258 g/mol. The highest BCUT2D eigenvalue weighted by Crippen LogP contribution is 2.16. The summed E-state index contributed by atoms with van der Waals surface area (Å²) >= 11 is 0. The molecule has 96 valence electrons. The summed E-state index contributed by atoms with van der Waals surface area (Å²) in [6.07, 6.45) is 0. The molecule has 0 aliphatic rings. The van der Waals surface area contributed by atoms with E-state index < -0.39 is 10.0 Å². The van der Waals surface area contributed by atoms with Crippen molar-refractivity contribution in [3.05, 3.63) is 29.8 Å².